The van der Waals surface area contributed by atoms with E-state index in [4.69, 9.17) is 32.2 Å². The van der Waals surface area contributed by atoms with Crippen molar-refractivity contribution in [1.29, 1.82) is 0 Å². The van der Waals surface area contributed by atoms with Crippen LogP contribution in [0.15, 0.2) is 36.4 Å². The van der Waals surface area contributed by atoms with E-state index in [0.29, 0.717) is 30.3 Å². The van der Waals surface area contributed by atoms with Gasteiger partial charge in [0.2, 0.25) is 0 Å². The lowest BCUT2D eigenvalue weighted by Gasteiger charge is -2.24. The van der Waals surface area contributed by atoms with Crippen molar-refractivity contribution in [2.45, 2.75) is 33.1 Å². The zero-order valence-corrected chi connectivity index (χ0v) is 16.9. The summed E-state index contributed by atoms with van der Waals surface area (Å²) in [6.07, 6.45) is 0. The molecule has 2 N–H and O–H groups in total. The molecule has 0 radical (unpaired) electrons. The summed E-state index contributed by atoms with van der Waals surface area (Å²) < 4.78 is 17.1. The van der Waals surface area contributed by atoms with E-state index < -0.39 is 0 Å². The third-order valence-electron chi connectivity index (χ3n) is 4.06. The van der Waals surface area contributed by atoms with E-state index in [-0.39, 0.29) is 10.4 Å². The third kappa shape index (κ3) is 4.88. The van der Waals surface area contributed by atoms with Crippen LogP contribution in [0.2, 0.25) is 0 Å². The monoisotopic (exact) mass is 373 g/mol. The molecule has 0 unspecified atom stereocenters. The number of ether oxygens (including phenoxy) is 3. The molecule has 0 atom stereocenters. The molecule has 0 saturated carbocycles. The SMILES string of the molecule is COc1ccc(C(N)=S)c(OCCOc2c(C)cccc2C(C)(C)C)c1. The molecule has 5 heteroatoms. The van der Waals surface area contributed by atoms with Gasteiger partial charge >= 0.3 is 0 Å². The zero-order chi connectivity index (χ0) is 19.3. The topological polar surface area (TPSA) is 53.7 Å². The summed E-state index contributed by atoms with van der Waals surface area (Å²) in [5, 5.41) is 0. The first kappa shape index (κ1) is 20.0. The van der Waals surface area contributed by atoms with Gasteiger partial charge in [0.05, 0.1) is 12.7 Å². The number of para-hydroxylation sites is 1. The molecular formula is C21H27NO3S. The highest BCUT2D eigenvalue weighted by molar-refractivity contribution is 7.80. The molecule has 4 nitrogen and oxygen atoms in total. The van der Waals surface area contributed by atoms with Crippen LogP contribution in [0, 0.1) is 6.92 Å². The lowest BCUT2D eigenvalue weighted by atomic mass is 9.85. The van der Waals surface area contributed by atoms with Gasteiger partial charge in [0, 0.05) is 6.07 Å². The third-order valence-corrected chi connectivity index (χ3v) is 4.28. The smallest absolute Gasteiger partial charge is 0.133 e. The number of aryl methyl sites for hydroxylation is 1. The van der Waals surface area contributed by atoms with Crippen molar-refractivity contribution in [3.8, 4) is 17.2 Å². The largest absolute Gasteiger partial charge is 0.497 e. The maximum Gasteiger partial charge on any atom is 0.133 e. The van der Waals surface area contributed by atoms with Gasteiger partial charge in [-0.2, -0.15) is 0 Å². The van der Waals surface area contributed by atoms with Gasteiger partial charge in [0.1, 0.15) is 35.5 Å². The Balaban J connectivity index is 2.08. The van der Waals surface area contributed by atoms with Crippen LogP contribution in [0.3, 0.4) is 0 Å². The van der Waals surface area contributed by atoms with Crippen LogP contribution in [0.25, 0.3) is 0 Å². The van der Waals surface area contributed by atoms with Gasteiger partial charge in [-0.05, 0) is 35.6 Å². The molecule has 0 aromatic heterocycles. The van der Waals surface area contributed by atoms with Gasteiger partial charge in [0.15, 0.2) is 0 Å². The minimum Gasteiger partial charge on any atom is -0.497 e. The Kier molecular flexibility index (Phi) is 6.48. The highest BCUT2D eigenvalue weighted by Crippen LogP contribution is 2.33. The number of thiocarbonyl (C=S) groups is 1. The second-order valence-corrected chi connectivity index (χ2v) is 7.56. The molecule has 0 heterocycles. The van der Waals surface area contributed by atoms with Gasteiger partial charge < -0.3 is 19.9 Å². The maximum absolute atomic E-state index is 6.05. The summed E-state index contributed by atoms with van der Waals surface area (Å²) in [4.78, 5) is 0.289. The first-order valence-electron chi connectivity index (χ1n) is 8.57. The first-order valence-corrected chi connectivity index (χ1v) is 8.98. The fourth-order valence-corrected chi connectivity index (χ4v) is 2.85. The van der Waals surface area contributed by atoms with Gasteiger partial charge in [-0.3, -0.25) is 0 Å². The number of hydrogen-bond donors (Lipinski definition) is 1. The van der Waals surface area contributed by atoms with Crippen molar-refractivity contribution in [1.82, 2.24) is 0 Å². The molecule has 0 aliphatic carbocycles. The van der Waals surface area contributed by atoms with Crippen molar-refractivity contribution in [2.75, 3.05) is 20.3 Å². The summed E-state index contributed by atoms with van der Waals surface area (Å²) in [5.74, 6) is 2.21. The van der Waals surface area contributed by atoms with E-state index in [0.717, 1.165) is 11.3 Å². The molecule has 26 heavy (non-hydrogen) atoms. The number of rotatable bonds is 7. The molecule has 2 rings (SSSR count). The Morgan fingerprint density at radius 2 is 1.77 bits per heavy atom. The number of nitrogens with two attached hydrogens (primary N) is 1. The van der Waals surface area contributed by atoms with Crippen LogP contribution >= 0.6 is 12.2 Å². The molecule has 2 aromatic carbocycles. The summed E-state index contributed by atoms with van der Waals surface area (Å²) in [5.41, 5.74) is 8.76. The lowest BCUT2D eigenvalue weighted by Crippen LogP contribution is -2.17. The highest BCUT2D eigenvalue weighted by Gasteiger charge is 2.20. The van der Waals surface area contributed by atoms with Crippen molar-refractivity contribution in [2.24, 2.45) is 5.73 Å². The molecule has 0 amide bonds. The minimum atomic E-state index is 0.00785. The molecule has 0 fully saturated rings. The van der Waals surface area contributed by atoms with E-state index in [1.54, 1.807) is 25.3 Å². The minimum absolute atomic E-state index is 0.00785. The van der Waals surface area contributed by atoms with Crippen LogP contribution in [0.1, 0.15) is 37.5 Å². The molecule has 0 saturated heterocycles. The van der Waals surface area contributed by atoms with E-state index >= 15 is 0 Å². The van der Waals surface area contributed by atoms with Crippen molar-refractivity contribution >= 4 is 17.2 Å². The van der Waals surface area contributed by atoms with E-state index in [1.165, 1.54) is 5.56 Å². The van der Waals surface area contributed by atoms with Crippen molar-refractivity contribution in [3.63, 3.8) is 0 Å². The van der Waals surface area contributed by atoms with Gasteiger partial charge in [-0.1, -0.05) is 51.2 Å². The van der Waals surface area contributed by atoms with Crippen molar-refractivity contribution in [3.05, 3.63) is 53.1 Å². The zero-order valence-electron chi connectivity index (χ0n) is 16.1. The highest BCUT2D eigenvalue weighted by atomic mass is 32.1. The average molecular weight is 374 g/mol. The van der Waals surface area contributed by atoms with Crippen LogP contribution in [0.5, 0.6) is 17.2 Å². The number of methoxy groups -OCH3 is 1. The Hall–Kier alpha value is -2.27. The van der Waals surface area contributed by atoms with E-state index in [2.05, 4.69) is 45.9 Å². The quantitative estimate of drug-likeness (QED) is 0.576. The number of benzene rings is 2. The van der Waals surface area contributed by atoms with Gasteiger partial charge in [0.25, 0.3) is 0 Å². The second kappa shape index (κ2) is 8.41. The molecular weight excluding hydrogens is 346 g/mol. The second-order valence-electron chi connectivity index (χ2n) is 7.12. The molecule has 0 spiro atoms. The first-order chi connectivity index (χ1) is 12.2. The normalized spacial score (nSPS) is 11.1. The fourth-order valence-electron chi connectivity index (χ4n) is 2.68. The summed E-state index contributed by atoms with van der Waals surface area (Å²) in [6.45, 7) is 9.38. The molecule has 0 bridgehead atoms. The molecule has 140 valence electrons. The van der Waals surface area contributed by atoms with Crippen LogP contribution in [-0.4, -0.2) is 25.3 Å². The Morgan fingerprint density at radius 1 is 1.08 bits per heavy atom. The average Bonchev–Trinajstić information content (AvgIpc) is 2.58. The summed E-state index contributed by atoms with van der Waals surface area (Å²) in [6, 6.07) is 11.6. The molecule has 0 aliphatic rings. The molecule has 0 aliphatic heterocycles. The Morgan fingerprint density at radius 3 is 2.38 bits per heavy atom. The van der Waals surface area contributed by atoms with Crippen LogP contribution < -0.4 is 19.9 Å². The van der Waals surface area contributed by atoms with Gasteiger partial charge in [-0.25, -0.2) is 0 Å². The van der Waals surface area contributed by atoms with Crippen LogP contribution in [-0.2, 0) is 5.41 Å². The summed E-state index contributed by atoms with van der Waals surface area (Å²) >= 11 is 5.09. The maximum atomic E-state index is 6.05. The number of hydrogen-bond acceptors (Lipinski definition) is 4. The summed E-state index contributed by atoms with van der Waals surface area (Å²) in [7, 11) is 1.61. The lowest BCUT2D eigenvalue weighted by molar-refractivity contribution is 0.212. The Bertz CT molecular complexity index is 781. The standard InChI is InChI=1S/C21H27NO3S/c1-14-7-6-8-17(21(2,3)4)19(14)25-12-11-24-18-13-15(23-5)9-10-16(18)20(22)26/h6-10,13H,11-12H2,1-5H3,(H2,22,26). The molecule has 2 aromatic rings. The predicted molar refractivity (Wildman–Crippen MR) is 110 cm³/mol. The van der Waals surface area contributed by atoms with Crippen molar-refractivity contribution < 1.29 is 14.2 Å². The van der Waals surface area contributed by atoms with E-state index in [9.17, 15) is 0 Å². The van der Waals surface area contributed by atoms with E-state index in [1.807, 2.05) is 0 Å². The van der Waals surface area contributed by atoms with Crippen LogP contribution in [0.4, 0.5) is 0 Å². The van der Waals surface area contributed by atoms with Gasteiger partial charge in [-0.15, -0.1) is 0 Å². The Labute approximate surface area is 161 Å². The fraction of sp³-hybridized carbons (Fsp3) is 0.381. The predicted octanol–water partition coefficient (Wildman–Crippen LogP) is 4.39.